The summed E-state index contributed by atoms with van der Waals surface area (Å²) in [5, 5.41) is 4.09. The van der Waals surface area contributed by atoms with Gasteiger partial charge in [0.2, 0.25) is 5.89 Å². The van der Waals surface area contributed by atoms with Gasteiger partial charge in [0.15, 0.2) is 5.82 Å². The maximum absolute atomic E-state index is 5.58. The van der Waals surface area contributed by atoms with Crippen molar-refractivity contribution in [3.05, 3.63) is 11.7 Å². The van der Waals surface area contributed by atoms with Crippen LogP contribution in [-0.4, -0.2) is 16.7 Å². The van der Waals surface area contributed by atoms with Crippen molar-refractivity contribution in [3.63, 3.8) is 0 Å². The SMILES string of the molecule is CC(CN)Cc1nc(C2CCC(C)C2)no1. The van der Waals surface area contributed by atoms with Crippen LogP contribution in [0.4, 0.5) is 0 Å². The van der Waals surface area contributed by atoms with Crippen molar-refractivity contribution in [2.75, 3.05) is 6.54 Å². The molecule has 0 spiro atoms. The average Bonchev–Trinajstić information content (AvgIpc) is 2.87. The lowest BCUT2D eigenvalue weighted by Crippen LogP contribution is -2.13. The Morgan fingerprint density at radius 3 is 2.94 bits per heavy atom. The minimum Gasteiger partial charge on any atom is -0.339 e. The summed E-state index contributed by atoms with van der Waals surface area (Å²) in [7, 11) is 0. The smallest absolute Gasteiger partial charge is 0.226 e. The van der Waals surface area contributed by atoms with Gasteiger partial charge in [-0.15, -0.1) is 0 Å². The number of hydrogen-bond acceptors (Lipinski definition) is 4. The summed E-state index contributed by atoms with van der Waals surface area (Å²) in [4.78, 5) is 4.48. The molecule has 1 aromatic heterocycles. The van der Waals surface area contributed by atoms with Gasteiger partial charge < -0.3 is 10.3 Å². The Labute approximate surface area is 96.6 Å². The second kappa shape index (κ2) is 4.95. The molecular weight excluding hydrogens is 202 g/mol. The zero-order valence-electron chi connectivity index (χ0n) is 10.1. The number of hydrogen-bond donors (Lipinski definition) is 1. The van der Waals surface area contributed by atoms with Crippen molar-refractivity contribution in [1.29, 1.82) is 0 Å². The third kappa shape index (κ3) is 2.61. The van der Waals surface area contributed by atoms with Crippen molar-refractivity contribution in [1.82, 2.24) is 10.1 Å². The van der Waals surface area contributed by atoms with Crippen LogP contribution in [0.15, 0.2) is 4.52 Å². The van der Waals surface area contributed by atoms with E-state index in [1.165, 1.54) is 19.3 Å². The molecule has 1 saturated carbocycles. The topological polar surface area (TPSA) is 64.9 Å². The van der Waals surface area contributed by atoms with Gasteiger partial charge in [-0.1, -0.05) is 19.0 Å². The second-order valence-corrected chi connectivity index (χ2v) is 5.21. The van der Waals surface area contributed by atoms with E-state index in [2.05, 4.69) is 24.0 Å². The zero-order chi connectivity index (χ0) is 11.5. The van der Waals surface area contributed by atoms with E-state index in [0.29, 0.717) is 18.4 Å². The number of aromatic nitrogens is 2. The maximum Gasteiger partial charge on any atom is 0.226 e. The zero-order valence-corrected chi connectivity index (χ0v) is 10.1. The van der Waals surface area contributed by atoms with Gasteiger partial charge in [0.1, 0.15) is 0 Å². The Hall–Kier alpha value is -0.900. The summed E-state index contributed by atoms with van der Waals surface area (Å²) in [6.45, 7) is 5.05. The lowest BCUT2D eigenvalue weighted by atomic mass is 10.1. The van der Waals surface area contributed by atoms with Gasteiger partial charge in [-0.2, -0.15) is 4.98 Å². The molecule has 0 aliphatic heterocycles. The molecule has 3 atom stereocenters. The minimum atomic E-state index is 0.413. The molecule has 3 unspecified atom stereocenters. The molecule has 2 rings (SSSR count). The predicted octanol–water partition coefficient (Wildman–Crippen LogP) is 2.11. The maximum atomic E-state index is 5.58. The van der Waals surface area contributed by atoms with Crippen LogP contribution in [0.2, 0.25) is 0 Å². The molecule has 16 heavy (non-hydrogen) atoms. The van der Waals surface area contributed by atoms with Gasteiger partial charge in [-0.05, 0) is 37.6 Å². The van der Waals surface area contributed by atoms with Gasteiger partial charge in [0.05, 0.1) is 0 Å². The first-order chi connectivity index (χ1) is 7.69. The first kappa shape index (κ1) is 11.6. The molecule has 1 aromatic rings. The van der Waals surface area contributed by atoms with Crippen LogP contribution in [0.25, 0.3) is 0 Å². The molecule has 1 aliphatic rings. The number of nitrogens with two attached hydrogens (primary N) is 1. The van der Waals surface area contributed by atoms with Crippen LogP contribution >= 0.6 is 0 Å². The van der Waals surface area contributed by atoms with E-state index in [9.17, 15) is 0 Å². The highest BCUT2D eigenvalue weighted by Crippen LogP contribution is 2.36. The predicted molar refractivity (Wildman–Crippen MR) is 62.0 cm³/mol. The van der Waals surface area contributed by atoms with E-state index in [0.717, 1.165) is 24.1 Å². The van der Waals surface area contributed by atoms with Crippen LogP contribution in [0, 0.1) is 11.8 Å². The van der Waals surface area contributed by atoms with E-state index in [4.69, 9.17) is 10.3 Å². The fourth-order valence-corrected chi connectivity index (χ4v) is 2.34. The molecule has 1 fully saturated rings. The Kier molecular flexibility index (Phi) is 3.59. The monoisotopic (exact) mass is 223 g/mol. The highest BCUT2D eigenvalue weighted by molar-refractivity contribution is 4.99. The summed E-state index contributed by atoms with van der Waals surface area (Å²) in [6.07, 6.45) is 4.48. The van der Waals surface area contributed by atoms with Crippen molar-refractivity contribution in [2.24, 2.45) is 17.6 Å². The molecule has 90 valence electrons. The molecule has 0 bridgehead atoms. The van der Waals surface area contributed by atoms with E-state index >= 15 is 0 Å². The lowest BCUT2D eigenvalue weighted by Gasteiger charge is -2.03. The van der Waals surface area contributed by atoms with Gasteiger partial charge in [-0.3, -0.25) is 0 Å². The largest absolute Gasteiger partial charge is 0.339 e. The van der Waals surface area contributed by atoms with Crippen LogP contribution < -0.4 is 5.73 Å². The van der Waals surface area contributed by atoms with Crippen molar-refractivity contribution >= 4 is 0 Å². The van der Waals surface area contributed by atoms with E-state index in [1.807, 2.05) is 0 Å². The lowest BCUT2D eigenvalue weighted by molar-refractivity contribution is 0.352. The van der Waals surface area contributed by atoms with Gasteiger partial charge in [0.25, 0.3) is 0 Å². The number of nitrogens with zero attached hydrogens (tertiary/aromatic N) is 2. The molecule has 4 heteroatoms. The third-order valence-corrected chi connectivity index (χ3v) is 3.47. The normalized spacial score (nSPS) is 27.2. The fourth-order valence-electron chi connectivity index (χ4n) is 2.34. The second-order valence-electron chi connectivity index (χ2n) is 5.21. The highest BCUT2D eigenvalue weighted by Gasteiger charge is 2.26. The van der Waals surface area contributed by atoms with E-state index in [1.54, 1.807) is 0 Å². The average molecular weight is 223 g/mol. The molecule has 0 aromatic carbocycles. The molecule has 2 N–H and O–H groups in total. The quantitative estimate of drug-likeness (QED) is 0.849. The Balaban J connectivity index is 1.97. The summed E-state index contributed by atoms with van der Waals surface area (Å²) in [5.41, 5.74) is 5.58. The molecule has 0 saturated heterocycles. The molecule has 1 heterocycles. The fraction of sp³-hybridized carbons (Fsp3) is 0.833. The summed E-state index contributed by atoms with van der Waals surface area (Å²) >= 11 is 0. The third-order valence-electron chi connectivity index (χ3n) is 3.47. The summed E-state index contributed by atoms with van der Waals surface area (Å²) < 4.78 is 5.27. The molecule has 0 amide bonds. The highest BCUT2D eigenvalue weighted by atomic mass is 16.5. The molecule has 0 radical (unpaired) electrons. The molecule has 1 aliphatic carbocycles. The van der Waals surface area contributed by atoms with Gasteiger partial charge in [-0.25, -0.2) is 0 Å². The van der Waals surface area contributed by atoms with Crippen LogP contribution in [0.5, 0.6) is 0 Å². The van der Waals surface area contributed by atoms with E-state index < -0.39 is 0 Å². The van der Waals surface area contributed by atoms with Crippen LogP contribution in [0.3, 0.4) is 0 Å². The number of rotatable bonds is 4. The molecule has 4 nitrogen and oxygen atoms in total. The Bertz CT molecular complexity index is 337. The van der Waals surface area contributed by atoms with Crippen molar-refractivity contribution < 1.29 is 4.52 Å². The van der Waals surface area contributed by atoms with E-state index in [-0.39, 0.29) is 0 Å². The minimum absolute atomic E-state index is 0.413. The standard InChI is InChI=1S/C12H21N3O/c1-8-3-4-10(5-8)12-14-11(16-15-12)6-9(2)7-13/h8-10H,3-7,13H2,1-2H3. The van der Waals surface area contributed by atoms with Crippen molar-refractivity contribution in [3.8, 4) is 0 Å². The summed E-state index contributed by atoms with van der Waals surface area (Å²) in [6, 6.07) is 0. The van der Waals surface area contributed by atoms with Crippen molar-refractivity contribution in [2.45, 2.75) is 45.4 Å². The first-order valence-electron chi connectivity index (χ1n) is 6.21. The van der Waals surface area contributed by atoms with Gasteiger partial charge in [0, 0.05) is 12.3 Å². The Morgan fingerprint density at radius 1 is 1.50 bits per heavy atom. The van der Waals surface area contributed by atoms with Gasteiger partial charge >= 0.3 is 0 Å². The van der Waals surface area contributed by atoms with Crippen LogP contribution in [-0.2, 0) is 6.42 Å². The first-order valence-corrected chi connectivity index (χ1v) is 6.21. The molecular formula is C12H21N3O. The summed E-state index contributed by atoms with van der Waals surface area (Å²) in [5.74, 6) is 3.38. The van der Waals surface area contributed by atoms with Crippen LogP contribution in [0.1, 0.15) is 50.7 Å². The Morgan fingerprint density at radius 2 is 2.31 bits per heavy atom.